The number of rotatable bonds is 1. The maximum atomic E-state index is 13.4. The number of aryl methyl sites for hydroxylation is 1. The monoisotopic (exact) mass is 479 g/mol. The van der Waals surface area contributed by atoms with E-state index < -0.39 is 0 Å². The third kappa shape index (κ3) is 2.78. The first-order valence-electron chi connectivity index (χ1n) is 7.18. The molecule has 23 heavy (non-hydrogen) atoms. The molecule has 0 saturated carbocycles. The van der Waals surface area contributed by atoms with Crippen molar-refractivity contribution in [2.45, 2.75) is 6.92 Å². The normalized spacial score (nSPS) is 10.7. The van der Waals surface area contributed by atoms with Crippen LogP contribution in [0.4, 0.5) is 4.39 Å². The van der Waals surface area contributed by atoms with Crippen LogP contribution in [0, 0.1) is 18.8 Å². The zero-order valence-corrected chi connectivity index (χ0v) is 14.8. The molecule has 0 atom stereocenters. The maximum Gasteiger partial charge on any atom is 0.0408 e. The average molecular weight is 479 g/mol. The van der Waals surface area contributed by atoms with Crippen LogP contribution in [0.3, 0.4) is 0 Å². The molecule has 0 N–H and O–H groups in total. The van der Waals surface area contributed by atoms with Crippen molar-refractivity contribution < 1.29 is 24.5 Å². The van der Waals surface area contributed by atoms with Gasteiger partial charge in [-0.15, -0.1) is 23.8 Å². The number of nitrogens with zero attached hydrogens (tertiary/aromatic N) is 1. The summed E-state index contributed by atoms with van der Waals surface area (Å²) in [6.07, 6.45) is 1.89. The molecule has 115 valence electrons. The largest absolute Gasteiger partial charge is 0.304 e. The van der Waals surface area contributed by atoms with Crippen molar-refractivity contribution in [2.24, 2.45) is 0 Å². The van der Waals surface area contributed by atoms with Crippen LogP contribution in [-0.4, -0.2) is 4.98 Å². The van der Waals surface area contributed by atoms with Gasteiger partial charge >= 0.3 is 0 Å². The van der Waals surface area contributed by atoms with Crippen molar-refractivity contribution in [3.05, 3.63) is 78.2 Å². The maximum absolute atomic E-state index is 13.4. The number of benzene rings is 3. The van der Waals surface area contributed by atoms with Gasteiger partial charge in [0, 0.05) is 37.5 Å². The first-order valence-corrected chi connectivity index (χ1v) is 7.18. The van der Waals surface area contributed by atoms with Crippen molar-refractivity contribution in [3.63, 3.8) is 0 Å². The molecule has 0 aliphatic rings. The van der Waals surface area contributed by atoms with Crippen LogP contribution in [0.15, 0.2) is 60.8 Å². The first-order chi connectivity index (χ1) is 10.7. The van der Waals surface area contributed by atoms with E-state index in [2.05, 4.69) is 35.3 Å². The second kappa shape index (κ2) is 6.19. The van der Waals surface area contributed by atoms with Crippen LogP contribution in [-0.2, 0) is 20.1 Å². The van der Waals surface area contributed by atoms with Gasteiger partial charge in [0.05, 0.1) is 0 Å². The number of hydrogen-bond acceptors (Lipinski definition) is 1. The van der Waals surface area contributed by atoms with Crippen molar-refractivity contribution in [3.8, 4) is 11.3 Å². The Hall–Kier alpha value is -2.09. The van der Waals surface area contributed by atoms with E-state index in [1.54, 1.807) is 13.0 Å². The van der Waals surface area contributed by atoms with E-state index in [0.717, 1.165) is 22.0 Å². The minimum absolute atomic E-state index is 0. The summed E-state index contributed by atoms with van der Waals surface area (Å²) >= 11 is 0. The summed E-state index contributed by atoms with van der Waals surface area (Å²) in [4.78, 5) is 4.54. The van der Waals surface area contributed by atoms with Crippen LogP contribution in [0.2, 0.25) is 0 Å². The second-order valence-corrected chi connectivity index (χ2v) is 5.46. The summed E-state index contributed by atoms with van der Waals surface area (Å²) in [7, 11) is 0. The Morgan fingerprint density at radius 3 is 2.57 bits per heavy atom. The van der Waals surface area contributed by atoms with E-state index in [4.69, 9.17) is 0 Å². The summed E-state index contributed by atoms with van der Waals surface area (Å²) in [6, 6.07) is 20.6. The number of pyridine rings is 1. The van der Waals surface area contributed by atoms with Gasteiger partial charge in [-0.2, -0.15) is 0 Å². The smallest absolute Gasteiger partial charge is 0.0408 e. The van der Waals surface area contributed by atoms with E-state index in [9.17, 15) is 4.39 Å². The molecule has 0 aliphatic heterocycles. The van der Waals surface area contributed by atoms with Gasteiger partial charge in [0.25, 0.3) is 0 Å². The Kier molecular flexibility index (Phi) is 4.25. The zero-order valence-electron chi connectivity index (χ0n) is 12.4. The molecule has 3 heteroatoms. The molecule has 4 aromatic rings. The topological polar surface area (TPSA) is 12.9 Å². The summed E-state index contributed by atoms with van der Waals surface area (Å²) < 4.78 is 13.4. The minimum atomic E-state index is -0.240. The summed E-state index contributed by atoms with van der Waals surface area (Å²) in [5.41, 5.74) is 2.23. The third-order valence-corrected chi connectivity index (χ3v) is 4.00. The molecule has 0 aliphatic carbocycles. The molecule has 0 amide bonds. The van der Waals surface area contributed by atoms with Gasteiger partial charge in [0.2, 0.25) is 0 Å². The standard InChI is InChI=1S/C20H13FN.Ir/c1-13-10-16(8-9-19(13)21)20-11-15-7-6-14-4-2-3-5-17(14)18(15)12-22-20;/h2-7,9-12H,1H3;/q-1;. The molecule has 1 aromatic heterocycles. The van der Waals surface area contributed by atoms with Gasteiger partial charge in [-0.25, -0.2) is 0 Å². The Morgan fingerprint density at radius 1 is 0.957 bits per heavy atom. The Labute approximate surface area is 147 Å². The summed E-state index contributed by atoms with van der Waals surface area (Å²) in [5, 5.41) is 4.65. The predicted octanol–water partition coefficient (Wildman–Crippen LogP) is 5.30. The van der Waals surface area contributed by atoms with Crippen LogP contribution in [0.1, 0.15) is 5.56 Å². The quantitative estimate of drug-likeness (QED) is 0.267. The first kappa shape index (κ1) is 15.8. The molecule has 1 radical (unpaired) electrons. The molecule has 0 fully saturated rings. The predicted molar refractivity (Wildman–Crippen MR) is 88.2 cm³/mol. The number of aromatic nitrogens is 1. The van der Waals surface area contributed by atoms with Crippen LogP contribution >= 0.6 is 0 Å². The summed E-state index contributed by atoms with van der Waals surface area (Å²) in [6.45, 7) is 1.75. The van der Waals surface area contributed by atoms with Crippen molar-refractivity contribution in [1.82, 2.24) is 4.98 Å². The van der Waals surface area contributed by atoms with Crippen molar-refractivity contribution >= 4 is 21.5 Å². The van der Waals surface area contributed by atoms with E-state index in [1.807, 2.05) is 24.4 Å². The van der Waals surface area contributed by atoms with Crippen LogP contribution < -0.4 is 0 Å². The molecule has 0 spiro atoms. The molecule has 3 aromatic carbocycles. The van der Waals surface area contributed by atoms with E-state index in [0.29, 0.717) is 5.56 Å². The van der Waals surface area contributed by atoms with Crippen LogP contribution in [0.25, 0.3) is 32.8 Å². The zero-order chi connectivity index (χ0) is 15.1. The molecule has 0 bridgehead atoms. The van der Waals surface area contributed by atoms with Crippen LogP contribution in [0.5, 0.6) is 0 Å². The van der Waals surface area contributed by atoms with E-state index in [1.165, 1.54) is 16.8 Å². The fraction of sp³-hybridized carbons (Fsp3) is 0.0500. The van der Waals surface area contributed by atoms with Gasteiger partial charge in [0.1, 0.15) is 0 Å². The van der Waals surface area contributed by atoms with E-state index in [-0.39, 0.29) is 25.9 Å². The Morgan fingerprint density at radius 2 is 1.74 bits per heavy atom. The van der Waals surface area contributed by atoms with Gasteiger partial charge in [-0.3, -0.25) is 4.39 Å². The Bertz CT molecular complexity index is 1010. The molecule has 4 rings (SSSR count). The number of fused-ring (bicyclic) bond motifs is 3. The van der Waals surface area contributed by atoms with Gasteiger partial charge < -0.3 is 4.98 Å². The molecule has 1 heterocycles. The third-order valence-electron chi connectivity index (χ3n) is 4.00. The second-order valence-electron chi connectivity index (χ2n) is 5.46. The molecule has 1 nitrogen and oxygen atoms in total. The molecule has 0 unspecified atom stereocenters. The Balaban J connectivity index is 0.00000156. The number of halogens is 1. The van der Waals surface area contributed by atoms with Gasteiger partial charge in [0.15, 0.2) is 0 Å². The SMILES string of the molecule is Cc1cc(-c2cc3ccc4ccccc4c3cn2)[c-]cc1F.[Ir]. The molecular weight excluding hydrogens is 465 g/mol. The van der Waals surface area contributed by atoms with E-state index >= 15 is 0 Å². The van der Waals surface area contributed by atoms with Gasteiger partial charge in [-0.1, -0.05) is 55.0 Å². The van der Waals surface area contributed by atoms with Crippen molar-refractivity contribution in [2.75, 3.05) is 0 Å². The fourth-order valence-electron chi connectivity index (χ4n) is 2.78. The molecule has 0 saturated heterocycles. The molecular formula is C20H13FIrN-. The van der Waals surface area contributed by atoms with Gasteiger partial charge in [-0.05, 0) is 21.9 Å². The fourth-order valence-corrected chi connectivity index (χ4v) is 2.78. The van der Waals surface area contributed by atoms with Crippen molar-refractivity contribution in [1.29, 1.82) is 0 Å². The number of hydrogen-bond donors (Lipinski definition) is 0. The minimum Gasteiger partial charge on any atom is -0.304 e. The summed E-state index contributed by atoms with van der Waals surface area (Å²) in [5.74, 6) is -0.240. The average Bonchev–Trinajstić information content (AvgIpc) is 2.56.